The van der Waals surface area contributed by atoms with Gasteiger partial charge in [0.25, 0.3) is 0 Å². The third-order valence-electron chi connectivity index (χ3n) is 5.56. The third kappa shape index (κ3) is 2.91. The lowest BCUT2D eigenvalue weighted by molar-refractivity contribution is 0.0382. The first kappa shape index (κ1) is 12.9. The first-order valence-electron chi connectivity index (χ1n) is 8.41. The zero-order valence-corrected chi connectivity index (χ0v) is 11.9. The van der Waals surface area contributed by atoms with Gasteiger partial charge in [-0.05, 0) is 31.6 Å². The highest BCUT2D eigenvalue weighted by atomic mass is 15.2. The van der Waals surface area contributed by atoms with Crippen LogP contribution in [0.5, 0.6) is 0 Å². The molecule has 0 radical (unpaired) electrons. The van der Waals surface area contributed by atoms with Crippen molar-refractivity contribution in [2.45, 2.75) is 76.3 Å². The van der Waals surface area contributed by atoms with Gasteiger partial charge in [-0.1, -0.05) is 38.5 Å². The summed E-state index contributed by atoms with van der Waals surface area (Å²) in [6.45, 7) is 3.80. The van der Waals surface area contributed by atoms with Gasteiger partial charge in [0.05, 0.1) is 0 Å². The average molecular weight is 250 g/mol. The summed E-state index contributed by atoms with van der Waals surface area (Å²) in [5, 5.41) is 3.66. The zero-order valence-electron chi connectivity index (χ0n) is 11.9. The van der Waals surface area contributed by atoms with Crippen molar-refractivity contribution in [2.75, 3.05) is 19.6 Å². The quantitative estimate of drug-likeness (QED) is 0.810. The van der Waals surface area contributed by atoms with Gasteiger partial charge in [-0.25, -0.2) is 0 Å². The van der Waals surface area contributed by atoms with E-state index >= 15 is 0 Å². The summed E-state index contributed by atoms with van der Waals surface area (Å²) in [6.07, 6.45) is 14.8. The molecule has 2 aliphatic carbocycles. The van der Waals surface area contributed by atoms with E-state index in [9.17, 15) is 0 Å². The van der Waals surface area contributed by atoms with Crippen molar-refractivity contribution in [2.24, 2.45) is 5.92 Å². The molecule has 1 heterocycles. The van der Waals surface area contributed by atoms with Crippen LogP contribution in [0.15, 0.2) is 0 Å². The number of rotatable bonds is 2. The van der Waals surface area contributed by atoms with Crippen LogP contribution in [0.1, 0.15) is 64.2 Å². The predicted molar refractivity (Wildman–Crippen MR) is 76.8 cm³/mol. The van der Waals surface area contributed by atoms with Crippen LogP contribution in [0.4, 0.5) is 0 Å². The van der Waals surface area contributed by atoms with Crippen molar-refractivity contribution >= 4 is 0 Å². The number of nitrogens with zero attached hydrogens (tertiary/aromatic N) is 1. The van der Waals surface area contributed by atoms with E-state index in [0.717, 1.165) is 18.0 Å². The van der Waals surface area contributed by atoms with Gasteiger partial charge in [0.1, 0.15) is 0 Å². The number of hydrogen-bond acceptors (Lipinski definition) is 2. The second-order valence-corrected chi connectivity index (χ2v) is 6.70. The highest BCUT2D eigenvalue weighted by Crippen LogP contribution is 2.33. The Morgan fingerprint density at radius 3 is 2.17 bits per heavy atom. The van der Waals surface area contributed by atoms with Crippen LogP contribution in [-0.2, 0) is 0 Å². The van der Waals surface area contributed by atoms with E-state index in [1.807, 2.05) is 0 Å². The average Bonchev–Trinajstić information content (AvgIpc) is 2.49. The molecule has 3 rings (SSSR count). The van der Waals surface area contributed by atoms with E-state index in [-0.39, 0.29) is 0 Å². The van der Waals surface area contributed by atoms with Gasteiger partial charge in [0.15, 0.2) is 0 Å². The molecule has 2 saturated carbocycles. The lowest BCUT2D eigenvalue weighted by atomic mass is 9.81. The second-order valence-electron chi connectivity index (χ2n) is 6.70. The molecule has 1 atom stereocenters. The van der Waals surface area contributed by atoms with E-state index < -0.39 is 0 Å². The Morgan fingerprint density at radius 2 is 1.44 bits per heavy atom. The summed E-state index contributed by atoms with van der Waals surface area (Å²) in [6, 6.07) is 1.79. The highest BCUT2D eigenvalue weighted by Gasteiger charge is 2.34. The predicted octanol–water partition coefficient (Wildman–Crippen LogP) is 3.17. The molecule has 0 aromatic carbocycles. The lowest BCUT2D eigenvalue weighted by Gasteiger charge is -2.47. The van der Waals surface area contributed by atoms with Crippen molar-refractivity contribution < 1.29 is 0 Å². The summed E-state index contributed by atoms with van der Waals surface area (Å²) in [5.41, 5.74) is 0. The molecular weight excluding hydrogens is 220 g/mol. The topological polar surface area (TPSA) is 15.3 Å². The standard InChI is InChI=1S/C16H30N2/c1-3-7-14(8-4-1)16-13-17-11-12-18(16)15-9-5-2-6-10-15/h14-17H,1-13H2. The highest BCUT2D eigenvalue weighted by molar-refractivity contribution is 4.91. The smallest absolute Gasteiger partial charge is 0.0252 e. The fraction of sp³-hybridized carbons (Fsp3) is 1.00. The molecule has 2 heteroatoms. The molecule has 2 nitrogen and oxygen atoms in total. The molecule has 1 saturated heterocycles. The molecule has 0 spiro atoms. The molecule has 0 aromatic heterocycles. The molecule has 3 aliphatic rings. The van der Waals surface area contributed by atoms with Gasteiger partial charge >= 0.3 is 0 Å². The largest absolute Gasteiger partial charge is 0.314 e. The van der Waals surface area contributed by atoms with E-state index in [2.05, 4.69) is 10.2 Å². The Morgan fingerprint density at radius 1 is 0.778 bits per heavy atom. The zero-order chi connectivity index (χ0) is 12.2. The Hall–Kier alpha value is -0.0800. The Labute approximate surface area is 113 Å². The second kappa shape index (κ2) is 6.38. The van der Waals surface area contributed by atoms with Crippen molar-refractivity contribution in [3.8, 4) is 0 Å². The summed E-state index contributed by atoms with van der Waals surface area (Å²) in [5.74, 6) is 0.994. The molecule has 1 N–H and O–H groups in total. The van der Waals surface area contributed by atoms with Crippen LogP contribution in [0.25, 0.3) is 0 Å². The lowest BCUT2D eigenvalue weighted by Crippen LogP contribution is -2.58. The fourth-order valence-corrected chi connectivity index (χ4v) is 4.56. The molecule has 104 valence electrons. The molecule has 1 unspecified atom stereocenters. The maximum absolute atomic E-state index is 3.66. The molecule has 3 fully saturated rings. The van der Waals surface area contributed by atoms with E-state index in [4.69, 9.17) is 0 Å². The molecule has 0 bridgehead atoms. The molecule has 1 aliphatic heterocycles. The minimum atomic E-state index is 0.863. The van der Waals surface area contributed by atoms with Gasteiger partial charge in [-0.15, -0.1) is 0 Å². The van der Waals surface area contributed by atoms with Gasteiger partial charge in [-0.2, -0.15) is 0 Å². The van der Waals surface area contributed by atoms with E-state index in [1.165, 1.54) is 83.8 Å². The molecule has 18 heavy (non-hydrogen) atoms. The van der Waals surface area contributed by atoms with Crippen molar-refractivity contribution in [3.05, 3.63) is 0 Å². The molecule has 0 amide bonds. The fourth-order valence-electron chi connectivity index (χ4n) is 4.56. The van der Waals surface area contributed by atoms with E-state index in [0.29, 0.717) is 0 Å². The van der Waals surface area contributed by atoms with Crippen LogP contribution in [0.2, 0.25) is 0 Å². The Bertz CT molecular complexity index is 215. The van der Waals surface area contributed by atoms with Gasteiger partial charge < -0.3 is 5.32 Å². The monoisotopic (exact) mass is 250 g/mol. The van der Waals surface area contributed by atoms with Crippen molar-refractivity contribution in [3.63, 3.8) is 0 Å². The summed E-state index contributed by atoms with van der Waals surface area (Å²) in [7, 11) is 0. The minimum Gasteiger partial charge on any atom is -0.314 e. The minimum absolute atomic E-state index is 0.863. The van der Waals surface area contributed by atoms with Gasteiger partial charge in [0.2, 0.25) is 0 Å². The van der Waals surface area contributed by atoms with Crippen molar-refractivity contribution in [1.82, 2.24) is 10.2 Å². The third-order valence-corrected chi connectivity index (χ3v) is 5.56. The SMILES string of the molecule is C1CCC(C2CNCCN2C2CCCCC2)CC1. The summed E-state index contributed by atoms with van der Waals surface area (Å²) < 4.78 is 0. The Balaban J connectivity index is 1.64. The van der Waals surface area contributed by atoms with Gasteiger partial charge in [0, 0.05) is 31.7 Å². The van der Waals surface area contributed by atoms with Crippen LogP contribution >= 0.6 is 0 Å². The van der Waals surface area contributed by atoms with Crippen LogP contribution in [-0.4, -0.2) is 36.6 Å². The molecular formula is C16H30N2. The van der Waals surface area contributed by atoms with Crippen LogP contribution in [0, 0.1) is 5.92 Å². The summed E-state index contributed by atoms with van der Waals surface area (Å²) in [4.78, 5) is 2.92. The van der Waals surface area contributed by atoms with Crippen LogP contribution < -0.4 is 5.32 Å². The Kier molecular flexibility index (Phi) is 4.58. The normalized spacial score (nSPS) is 33.7. The van der Waals surface area contributed by atoms with Gasteiger partial charge in [-0.3, -0.25) is 4.90 Å². The first-order chi connectivity index (χ1) is 8.95. The van der Waals surface area contributed by atoms with E-state index in [1.54, 1.807) is 0 Å². The maximum Gasteiger partial charge on any atom is 0.0252 e. The molecule has 0 aromatic rings. The summed E-state index contributed by atoms with van der Waals surface area (Å²) >= 11 is 0. The number of nitrogens with one attached hydrogen (secondary N) is 1. The number of piperazine rings is 1. The maximum atomic E-state index is 3.66. The van der Waals surface area contributed by atoms with Crippen molar-refractivity contribution in [1.29, 1.82) is 0 Å². The number of hydrogen-bond donors (Lipinski definition) is 1. The first-order valence-corrected chi connectivity index (χ1v) is 8.41. The van der Waals surface area contributed by atoms with Crippen LogP contribution in [0.3, 0.4) is 0 Å².